The topological polar surface area (TPSA) is 75.7 Å². The molecular weight excluding hydrogens is 348 g/mol. The molecule has 134 valence electrons. The summed E-state index contributed by atoms with van der Waals surface area (Å²) in [5.41, 5.74) is 0. The molecule has 0 bridgehead atoms. The molecule has 8 heteroatoms. The van der Waals surface area contributed by atoms with E-state index in [1.807, 2.05) is 0 Å². The highest BCUT2D eigenvalue weighted by Crippen LogP contribution is 2.24. The average molecular weight is 373 g/mol. The van der Waals surface area contributed by atoms with Crippen molar-refractivity contribution >= 4 is 27.3 Å². The highest BCUT2D eigenvalue weighted by atomic mass is 32.2. The van der Waals surface area contributed by atoms with Crippen LogP contribution in [0.5, 0.6) is 0 Å². The number of rotatable bonds is 4. The fourth-order valence-electron chi connectivity index (χ4n) is 3.19. The second-order valence-electron chi connectivity index (χ2n) is 6.33. The highest BCUT2D eigenvalue weighted by Gasteiger charge is 2.28. The maximum absolute atomic E-state index is 12.6. The Balaban J connectivity index is 1.66. The van der Waals surface area contributed by atoms with Crippen molar-refractivity contribution in [2.24, 2.45) is 0 Å². The fraction of sp³-hybridized carbons (Fsp3) is 0.688. The van der Waals surface area contributed by atoms with Crippen molar-refractivity contribution < 1.29 is 17.9 Å². The Morgan fingerprint density at radius 1 is 1.17 bits per heavy atom. The molecule has 0 unspecified atom stereocenters. The molecule has 24 heavy (non-hydrogen) atoms. The van der Waals surface area contributed by atoms with Crippen LogP contribution in [0, 0.1) is 0 Å². The van der Waals surface area contributed by atoms with Gasteiger partial charge >= 0.3 is 0 Å². The predicted octanol–water partition coefficient (Wildman–Crippen LogP) is 2.22. The quantitative estimate of drug-likeness (QED) is 0.823. The molecule has 1 aromatic rings. The SMILES string of the molecule is O=C(NC1CCCCCC1)c1cc(S(=O)(=O)N2CCOCC2)cs1. The molecule has 1 aliphatic carbocycles. The summed E-state index contributed by atoms with van der Waals surface area (Å²) in [7, 11) is -3.53. The third-order valence-electron chi connectivity index (χ3n) is 4.60. The van der Waals surface area contributed by atoms with Crippen LogP contribution in [-0.2, 0) is 14.8 Å². The van der Waals surface area contributed by atoms with Crippen molar-refractivity contribution in [2.45, 2.75) is 49.5 Å². The lowest BCUT2D eigenvalue weighted by Crippen LogP contribution is -2.40. The van der Waals surface area contributed by atoms with Gasteiger partial charge in [0.25, 0.3) is 5.91 Å². The molecule has 1 amide bonds. The number of sulfonamides is 1. The molecule has 1 saturated heterocycles. The van der Waals surface area contributed by atoms with E-state index in [4.69, 9.17) is 4.74 Å². The number of carbonyl (C=O) groups excluding carboxylic acids is 1. The summed E-state index contributed by atoms with van der Waals surface area (Å²) < 4.78 is 31.8. The van der Waals surface area contributed by atoms with Gasteiger partial charge in [-0.2, -0.15) is 4.31 Å². The molecule has 1 N–H and O–H groups in total. The van der Waals surface area contributed by atoms with Gasteiger partial charge in [-0.05, 0) is 18.9 Å². The van der Waals surface area contributed by atoms with E-state index in [0.29, 0.717) is 31.2 Å². The van der Waals surface area contributed by atoms with Crippen LogP contribution >= 0.6 is 11.3 Å². The summed E-state index contributed by atoms with van der Waals surface area (Å²) in [5, 5.41) is 4.62. The molecule has 2 heterocycles. The van der Waals surface area contributed by atoms with E-state index in [0.717, 1.165) is 25.7 Å². The van der Waals surface area contributed by atoms with Crippen LogP contribution in [0.4, 0.5) is 0 Å². The van der Waals surface area contributed by atoms with Gasteiger partial charge in [0.2, 0.25) is 10.0 Å². The number of nitrogens with one attached hydrogen (secondary N) is 1. The standard InChI is InChI=1S/C16H24N2O4S2/c19-16(17-13-5-3-1-2-4-6-13)15-11-14(12-23-15)24(20,21)18-7-9-22-10-8-18/h11-13H,1-10H2,(H,17,19). The Labute approximate surface area is 147 Å². The second kappa shape index (κ2) is 7.95. The summed E-state index contributed by atoms with van der Waals surface area (Å²) in [5.74, 6) is -0.157. The largest absolute Gasteiger partial charge is 0.379 e. The summed E-state index contributed by atoms with van der Waals surface area (Å²) >= 11 is 1.19. The summed E-state index contributed by atoms with van der Waals surface area (Å²) in [6, 6.07) is 1.71. The number of amides is 1. The van der Waals surface area contributed by atoms with Gasteiger partial charge in [0, 0.05) is 24.5 Å². The first kappa shape index (κ1) is 17.8. The normalized spacial score (nSPS) is 21.3. The first-order chi connectivity index (χ1) is 11.6. The zero-order chi connectivity index (χ0) is 17.0. The van der Waals surface area contributed by atoms with Gasteiger partial charge < -0.3 is 10.1 Å². The van der Waals surface area contributed by atoms with Gasteiger partial charge in [-0.3, -0.25) is 4.79 Å². The molecule has 0 aromatic carbocycles. The van der Waals surface area contributed by atoms with E-state index in [1.165, 1.54) is 34.6 Å². The third-order valence-corrected chi connectivity index (χ3v) is 7.55. The Hall–Kier alpha value is -0.960. The smallest absolute Gasteiger partial charge is 0.261 e. The third kappa shape index (κ3) is 4.17. The number of hydrogen-bond donors (Lipinski definition) is 1. The van der Waals surface area contributed by atoms with E-state index in [1.54, 1.807) is 5.38 Å². The summed E-state index contributed by atoms with van der Waals surface area (Å²) in [4.78, 5) is 13.1. The van der Waals surface area contributed by atoms with Crippen LogP contribution in [0.3, 0.4) is 0 Å². The van der Waals surface area contributed by atoms with E-state index in [2.05, 4.69) is 5.32 Å². The number of ether oxygens (including phenoxy) is 1. The molecule has 0 atom stereocenters. The van der Waals surface area contributed by atoms with Gasteiger partial charge in [0.1, 0.15) is 0 Å². The second-order valence-corrected chi connectivity index (χ2v) is 9.17. The van der Waals surface area contributed by atoms with Gasteiger partial charge in [0.05, 0.1) is 23.0 Å². The number of thiophene rings is 1. The van der Waals surface area contributed by atoms with Crippen LogP contribution < -0.4 is 5.32 Å². The van der Waals surface area contributed by atoms with Crippen molar-refractivity contribution in [2.75, 3.05) is 26.3 Å². The Kier molecular flexibility index (Phi) is 5.91. The van der Waals surface area contributed by atoms with Crippen molar-refractivity contribution in [3.8, 4) is 0 Å². The molecule has 1 aromatic heterocycles. The molecule has 2 fully saturated rings. The zero-order valence-electron chi connectivity index (χ0n) is 13.7. The summed E-state index contributed by atoms with van der Waals surface area (Å²) in [6.45, 7) is 1.56. The Morgan fingerprint density at radius 3 is 2.50 bits per heavy atom. The van der Waals surface area contributed by atoms with Crippen LogP contribution in [0.2, 0.25) is 0 Å². The molecule has 1 aliphatic heterocycles. The first-order valence-electron chi connectivity index (χ1n) is 8.54. The molecule has 0 spiro atoms. The Bertz CT molecular complexity index is 657. The molecular formula is C16H24N2O4S2. The lowest BCUT2D eigenvalue weighted by Gasteiger charge is -2.25. The lowest BCUT2D eigenvalue weighted by atomic mass is 10.1. The minimum absolute atomic E-state index is 0.157. The number of morpholine rings is 1. The predicted molar refractivity (Wildman–Crippen MR) is 92.9 cm³/mol. The van der Waals surface area contributed by atoms with Crippen molar-refractivity contribution in [3.05, 3.63) is 16.3 Å². The van der Waals surface area contributed by atoms with Crippen LogP contribution in [0.25, 0.3) is 0 Å². The van der Waals surface area contributed by atoms with Crippen LogP contribution in [0.1, 0.15) is 48.2 Å². The Morgan fingerprint density at radius 2 is 1.83 bits per heavy atom. The van der Waals surface area contributed by atoms with Crippen LogP contribution in [0.15, 0.2) is 16.3 Å². The molecule has 6 nitrogen and oxygen atoms in total. The fourth-order valence-corrected chi connectivity index (χ4v) is 5.76. The van der Waals surface area contributed by atoms with E-state index < -0.39 is 10.0 Å². The monoisotopic (exact) mass is 372 g/mol. The maximum Gasteiger partial charge on any atom is 0.261 e. The molecule has 2 aliphatic rings. The van der Waals surface area contributed by atoms with Gasteiger partial charge in [-0.15, -0.1) is 11.3 Å². The summed E-state index contributed by atoms with van der Waals surface area (Å²) in [6.07, 6.45) is 6.77. The minimum atomic E-state index is -3.53. The lowest BCUT2D eigenvalue weighted by molar-refractivity contribution is 0.0730. The number of hydrogen-bond acceptors (Lipinski definition) is 5. The molecule has 1 saturated carbocycles. The van der Waals surface area contributed by atoms with Gasteiger partial charge in [-0.1, -0.05) is 25.7 Å². The van der Waals surface area contributed by atoms with Crippen LogP contribution in [-0.4, -0.2) is 51.0 Å². The van der Waals surface area contributed by atoms with Gasteiger partial charge in [0.15, 0.2) is 0 Å². The first-order valence-corrected chi connectivity index (χ1v) is 10.9. The number of nitrogens with zero attached hydrogens (tertiary/aromatic N) is 1. The maximum atomic E-state index is 12.6. The highest BCUT2D eigenvalue weighted by molar-refractivity contribution is 7.89. The average Bonchev–Trinajstić information content (AvgIpc) is 2.97. The van der Waals surface area contributed by atoms with E-state index >= 15 is 0 Å². The zero-order valence-corrected chi connectivity index (χ0v) is 15.3. The van der Waals surface area contributed by atoms with Crippen molar-refractivity contribution in [3.63, 3.8) is 0 Å². The molecule has 3 rings (SSSR count). The van der Waals surface area contributed by atoms with E-state index in [-0.39, 0.29) is 16.8 Å². The minimum Gasteiger partial charge on any atom is -0.379 e. The van der Waals surface area contributed by atoms with Crippen molar-refractivity contribution in [1.82, 2.24) is 9.62 Å². The van der Waals surface area contributed by atoms with E-state index in [9.17, 15) is 13.2 Å². The number of carbonyl (C=O) groups is 1. The van der Waals surface area contributed by atoms with Crippen molar-refractivity contribution in [1.29, 1.82) is 0 Å². The van der Waals surface area contributed by atoms with Gasteiger partial charge in [-0.25, -0.2) is 8.42 Å². The molecule has 0 radical (unpaired) electrons.